The van der Waals surface area contributed by atoms with Gasteiger partial charge in [-0.25, -0.2) is 0 Å². The number of nitrogens with zero attached hydrogens (tertiary/aromatic N) is 2. The first-order valence-corrected chi connectivity index (χ1v) is 9.51. The minimum absolute atomic E-state index is 0. The Labute approximate surface area is 171 Å². The van der Waals surface area contributed by atoms with Crippen molar-refractivity contribution in [3.63, 3.8) is 0 Å². The van der Waals surface area contributed by atoms with Gasteiger partial charge < -0.3 is 15.5 Å². The Morgan fingerprint density at radius 1 is 1.29 bits per heavy atom. The zero-order valence-corrected chi connectivity index (χ0v) is 16.7. The highest BCUT2D eigenvalue weighted by molar-refractivity contribution is 6.07. The molecule has 3 heterocycles. The zero-order valence-electron chi connectivity index (χ0n) is 15.9. The summed E-state index contributed by atoms with van der Waals surface area (Å²) in [7, 11) is 0. The molecule has 0 bridgehead atoms. The van der Waals surface area contributed by atoms with Gasteiger partial charge in [0, 0.05) is 42.3 Å². The summed E-state index contributed by atoms with van der Waals surface area (Å²) in [6.45, 7) is 3.64. The van der Waals surface area contributed by atoms with E-state index >= 15 is 0 Å². The molecule has 2 N–H and O–H groups in total. The average Bonchev–Trinajstić information content (AvgIpc) is 3.11. The van der Waals surface area contributed by atoms with E-state index in [1.165, 1.54) is 0 Å². The number of pyridine rings is 1. The number of carbonyl (C=O) groups excluding carboxylic acids is 2. The predicted molar refractivity (Wildman–Crippen MR) is 112 cm³/mol. The van der Waals surface area contributed by atoms with Crippen molar-refractivity contribution in [2.75, 3.05) is 23.3 Å². The van der Waals surface area contributed by atoms with Gasteiger partial charge >= 0.3 is 0 Å². The Bertz CT molecular complexity index is 859. The average molecular weight is 401 g/mol. The molecule has 0 saturated carbocycles. The maximum atomic E-state index is 12.7. The maximum absolute atomic E-state index is 12.7. The molecule has 1 aromatic heterocycles. The van der Waals surface area contributed by atoms with Crippen LogP contribution in [0.4, 0.5) is 11.4 Å². The Morgan fingerprint density at radius 3 is 2.89 bits per heavy atom. The number of halogens is 1. The molecular weight excluding hydrogens is 376 g/mol. The third kappa shape index (κ3) is 4.18. The molecule has 1 fully saturated rings. The largest absolute Gasteiger partial charge is 0.326 e. The number of fused-ring (bicyclic) bond motifs is 1. The second-order valence-electron chi connectivity index (χ2n) is 7.36. The standard InChI is InChI=1S/C21H24N4O2.ClH/c1-14-11-16(6-9-23-14)20(26)24-18-4-5-19-15(12-18)7-10-25(19)21(27)17-3-2-8-22-13-17;/h2-5,8,12-14,16,23H,6-7,9-11H2,1H3,(H,24,26);1H/t14-,16-;/m0./s1. The van der Waals surface area contributed by atoms with Crippen LogP contribution < -0.4 is 15.5 Å². The molecule has 4 rings (SSSR count). The van der Waals surface area contributed by atoms with E-state index in [-0.39, 0.29) is 30.1 Å². The van der Waals surface area contributed by atoms with Gasteiger partial charge in [0.25, 0.3) is 5.91 Å². The zero-order chi connectivity index (χ0) is 18.8. The first kappa shape index (κ1) is 20.3. The lowest BCUT2D eigenvalue weighted by atomic mass is 9.92. The van der Waals surface area contributed by atoms with E-state index in [0.29, 0.717) is 18.2 Å². The van der Waals surface area contributed by atoms with Crippen LogP contribution >= 0.6 is 12.4 Å². The lowest BCUT2D eigenvalue weighted by Gasteiger charge is -2.27. The highest BCUT2D eigenvalue weighted by Crippen LogP contribution is 2.32. The van der Waals surface area contributed by atoms with Crippen LogP contribution in [0.3, 0.4) is 0 Å². The smallest absolute Gasteiger partial charge is 0.259 e. The SMILES string of the molecule is C[C@H]1C[C@@H](C(=O)Nc2ccc3c(c2)CCN3C(=O)c2cccnc2)CCN1.Cl. The highest BCUT2D eigenvalue weighted by atomic mass is 35.5. The monoisotopic (exact) mass is 400 g/mol. The van der Waals surface area contributed by atoms with Crippen LogP contribution in [0.1, 0.15) is 35.7 Å². The minimum Gasteiger partial charge on any atom is -0.326 e. The van der Waals surface area contributed by atoms with E-state index in [2.05, 4.69) is 22.5 Å². The molecule has 0 aliphatic carbocycles. The summed E-state index contributed by atoms with van der Waals surface area (Å²) < 4.78 is 0. The van der Waals surface area contributed by atoms with Crippen molar-refractivity contribution in [3.8, 4) is 0 Å². The molecule has 1 aromatic carbocycles. The van der Waals surface area contributed by atoms with Crippen LogP contribution in [0.15, 0.2) is 42.7 Å². The van der Waals surface area contributed by atoms with Gasteiger partial charge in [0.15, 0.2) is 0 Å². The first-order chi connectivity index (χ1) is 13.1. The molecule has 6 nitrogen and oxygen atoms in total. The third-order valence-electron chi connectivity index (χ3n) is 5.39. The van der Waals surface area contributed by atoms with Crippen LogP contribution in [0.2, 0.25) is 0 Å². The number of benzene rings is 1. The number of piperidine rings is 1. The Hall–Kier alpha value is -2.44. The van der Waals surface area contributed by atoms with Crippen molar-refractivity contribution >= 4 is 35.6 Å². The van der Waals surface area contributed by atoms with Crippen molar-refractivity contribution in [2.24, 2.45) is 5.92 Å². The van der Waals surface area contributed by atoms with Gasteiger partial charge in [-0.1, -0.05) is 0 Å². The second-order valence-corrected chi connectivity index (χ2v) is 7.36. The summed E-state index contributed by atoms with van der Waals surface area (Å²) in [6.07, 6.45) is 5.77. The van der Waals surface area contributed by atoms with Gasteiger partial charge in [0.1, 0.15) is 0 Å². The van der Waals surface area contributed by atoms with Crippen LogP contribution in [-0.2, 0) is 11.2 Å². The van der Waals surface area contributed by atoms with Gasteiger partial charge in [0.2, 0.25) is 5.91 Å². The van der Waals surface area contributed by atoms with Crippen LogP contribution in [0, 0.1) is 5.92 Å². The summed E-state index contributed by atoms with van der Waals surface area (Å²) in [6, 6.07) is 9.73. The molecule has 0 radical (unpaired) electrons. The van der Waals surface area contributed by atoms with E-state index in [0.717, 1.165) is 42.7 Å². The van der Waals surface area contributed by atoms with Crippen LogP contribution in [0.25, 0.3) is 0 Å². The number of hydrogen-bond acceptors (Lipinski definition) is 4. The molecule has 0 unspecified atom stereocenters. The summed E-state index contributed by atoms with van der Waals surface area (Å²) >= 11 is 0. The Kier molecular flexibility index (Phi) is 6.31. The normalized spacial score (nSPS) is 20.8. The number of anilines is 2. The highest BCUT2D eigenvalue weighted by Gasteiger charge is 2.27. The fraction of sp³-hybridized carbons (Fsp3) is 0.381. The predicted octanol–water partition coefficient (Wildman–Crippen LogP) is 3.03. The maximum Gasteiger partial charge on any atom is 0.259 e. The number of rotatable bonds is 3. The van der Waals surface area contributed by atoms with Crippen molar-refractivity contribution in [1.29, 1.82) is 0 Å². The van der Waals surface area contributed by atoms with Crippen LogP contribution in [0.5, 0.6) is 0 Å². The summed E-state index contributed by atoms with van der Waals surface area (Å²) in [5.41, 5.74) is 3.39. The molecule has 2 atom stereocenters. The van der Waals surface area contributed by atoms with E-state index in [1.54, 1.807) is 29.4 Å². The first-order valence-electron chi connectivity index (χ1n) is 9.51. The molecule has 2 amide bonds. The number of carbonyl (C=O) groups is 2. The van der Waals surface area contributed by atoms with E-state index in [4.69, 9.17) is 0 Å². The topological polar surface area (TPSA) is 74.3 Å². The Morgan fingerprint density at radius 2 is 2.14 bits per heavy atom. The van der Waals surface area contributed by atoms with Crippen molar-refractivity contribution in [2.45, 2.75) is 32.2 Å². The van der Waals surface area contributed by atoms with Crippen molar-refractivity contribution < 1.29 is 9.59 Å². The van der Waals surface area contributed by atoms with Gasteiger partial charge in [0.05, 0.1) is 5.56 Å². The summed E-state index contributed by atoms with van der Waals surface area (Å²) in [5, 5.41) is 6.43. The van der Waals surface area contributed by atoms with Crippen LogP contribution in [-0.4, -0.2) is 35.9 Å². The van der Waals surface area contributed by atoms with E-state index in [9.17, 15) is 9.59 Å². The van der Waals surface area contributed by atoms with Gasteiger partial charge in [-0.05, 0) is 68.6 Å². The van der Waals surface area contributed by atoms with Gasteiger partial charge in [-0.3, -0.25) is 14.6 Å². The quantitative estimate of drug-likeness (QED) is 0.830. The molecular formula is C21H25ClN4O2. The minimum atomic E-state index is -0.0395. The third-order valence-corrected chi connectivity index (χ3v) is 5.39. The number of hydrogen-bond donors (Lipinski definition) is 2. The van der Waals surface area contributed by atoms with E-state index in [1.807, 2.05) is 18.2 Å². The molecule has 148 valence electrons. The fourth-order valence-electron chi connectivity index (χ4n) is 3.95. The number of amides is 2. The molecule has 7 heteroatoms. The molecule has 2 aliphatic heterocycles. The number of aromatic nitrogens is 1. The summed E-state index contributed by atoms with van der Waals surface area (Å²) in [4.78, 5) is 31.1. The Balaban J connectivity index is 0.00000225. The lowest BCUT2D eigenvalue weighted by Crippen LogP contribution is -2.40. The second kappa shape index (κ2) is 8.71. The molecule has 0 spiro atoms. The van der Waals surface area contributed by atoms with Gasteiger partial charge in [-0.2, -0.15) is 0 Å². The molecule has 1 saturated heterocycles. The van der Waals surface area contributed by atoms with Crippen molar-refractivity contribution in [1.82, 2.24) is 10.3 Å². The van der Waals surface area contributed by atoms with Gasteiger partial charge in [-0.15, -0.1) is 12.4 Å². The summed E-state index contributed by atoms with van der Waals surface area (Å²) in [5.74, 6) is 0.102. The fourth-order valence-corrected chi connectivity index (χ4v) is 3.95. The molecule has 2 aliphatic rings. The van der Waals surface area contributed by atoms with Crippen molar-refractivity contribution in [3.05, 3.63) is 53.9 Å². The van der Waals surface area contributed by atoms with E-state index < -0.39 is 0 Å². The molecule has 28 heavy (non-hydrogen) atoms. The lowest BCUT2D eigenvalue weighted by molar-refractivity contribution is -0.120. The molecule has 2 aromatic rings. The number of nitrogens with one attached hydrogen (secondary N) is 2.